The van der Waals surface area contributed by atoms with Crippen molar-refractivity contribution in [3.05, 3.63) is 59.4 Å². The fourth-order valence-corrected chi connectivity index (χ4v) is 3.46. The maximum Gasteiger partial charge on any atom is 0.260 e. The summed E-state index contributed by atoms with van der Waals surface area (Å²) < 4.78 is 20.1. The number of nitrogens with zero attached hydrogens (tertiary/aromatic N) is 3. The van der Waals surface area contributed by atoms with Gasteiger partial charge in [-0.25, -0.2) is 9.38 Å². The van der Waals surface area contributed by atoms with E-state index in [1.807, 2.05) is 30.3 Å². The Kier molecular flexibility index (Phi) is 5.37. The molecule has 0 aliphatic carbocycles. The Bertz CT molecular complexity index is 1010. The fraction of sp³-hybridized carbons (Fsp3) is 0.286. The molecule has 30 heavy (non-hydrogen) atoms. The number of nitrogens with one attached hydrogen (secondary N) is 1. The van der Waals surface area contributed by atoms with Crippen molar-refractivity contribution >= 4 is 23.5 Å². The molecular weight excluding hydrogens is 391 g/mol. The third kappa shape index (κ3) is 3.84. The maximum absolute atomic E-state index is 14.6. The van der Waals surface area contributed by atoms with Crippen molar-refractivity contribution in [1.29, 1.82) is 0 Å². The number of aliphatic imine (C=N–C) groups is 1. The number of guanidine groups is 1. The first kappa shape index (κ1) is 19.8. The number of aliphatic hydroxyl groups excluding tert-OH is 1. The number of likely N-dealkylation sites (N-methyl/N-ethyl adjacent to an activating group) is 1. The number of halogens is 1. The Balaban J connectivity index is 1.44. The summed E-state index contributed by atoms with van der Waals surface area (Å²) in [6.07, 6.45) is 0. The number of aliphatic hydroxyl groups is 1. The third-order valence-electron chi connectivity index (χ3n) is 5.08. The summed E-state index contributed by atoms with van der Waals surface area (Å²) in [5.41, 5.74) is 1.61. The molecule has 8 nitrogen and oxygen atoms in total. The quantitative estimate of drug-likeness (QED) is 0.743. The number of rotatable bonds is 6. The van der Waals surface area contributed by atoms with Gasteiger partial charge in [-0.3, -0.25) is 14.9 Å². The molecule has 9 heteroatoms. The van der Waals surface area contributed by atoms with Crippen molar-refractivity contribution in [2.24, 2.45) is 4.99 Å². The van der Waals surface area contributed by atoms with E-state index in [0.29, 0.717) is 12.1 Å². The van der Waals surface area contributed by atoms with Gasteiger partial charge in [-0.05, 0) is 11.6 Å². The minimum absolute atomic E-state index is 0.111. The molecular formula is C21H21FN4O4. The van der Waals surface area contributed by atoms with Gasteiger partial charge in [0.1, 0.15) is 17.5 Å². The molecule has 2 aliphatic heterocycles. The van der Waals surface area contributed by atoms with Crippen molar-refractivity contribution in [2.45, 2.75) is 19.1 Å². The van der Waals surface area contributed by atoms with E-state index in [0.717, 1.165) is 5.56 Å². The molecule has 0 bridgehead atoms. The second kappa shape index (κ2) is 8.11. The van der Waals surface area contributed by atoms with Crippen LogP contribution in [0.15, 0.2) is 47.5 Å². The highest BCUT2D eigenvalue weighted by atomic mass is 19.1. The van der Waals surface area contributed by atoms with E-state index >= 15 is 0 Å². The molecule has 0 radical (unpaired) electrons. The lowest BCUT2D eigenvalue weighted by Crippen LogP contribution is -2.39. The predicted molar refractivity (Wildman–Crippen MR) is 106 cm³/mol. The van der Waals surface area contributed by atoms with Crippen LogP contribution in [0.5, 0.6) is 5.75 Å². The Labute approximate surface area is 172 Å². The van der Waals surface area contributed by atoms with Crippen LogP contribution in [0, 0.1) is 5.82 Å². The molecule has 156 valence electrons. The SMILES string of the molecule is CN(Cc1ccccc1)C(=O)COc1cc(F)c2c(c1)CN1C(=N2)NC(=O)C1CO. The number of hydrogen-bond donors (Lipinski definition) is 2. The monoisotopic (exact) mass is 412 g/mol. The van der Waals surface area contributed by atoms with E-state index in [-0.39, 0.29) is 49.0 Å². The number of amides is 2. The van der Waals surface area contributed by atoms with Gasteiger partial charge in [-0.15, -0.1) is 0 Å². The smallest absolute Gasteiger partial charge is 0.260 e. The Morgan fingerprint density at radius 3 is 2.87 bits per heavy atom. The van der Waals surface area contributed by atoms with Crippen LogP contribution in [0.1, 0.15) is 11.1 Å². The average molecular weight is 412 g/mol. The molecule has 2 aliphatic rings. The van der Waals surface area contributed by atoms with Gasteiger partial charge < -0.3 is 19.6 Å². The van der Waals surface area contributed by atoms with E-state index in [9.17, 15) is 19.1 Å². The van der Waals surface area contributed by atoms with Gasteiger partial charge in [-0.1, -0.05) is 30.3 Å². The lowest BCUT2D eigenvalue weighted by Gasteiger charge is -2.27. The number of fused-ring (bicyclic) bond motifs is 2. The Hall–Kier alpha value is -3.46. The first-order valence-corrected chi connectivity index (χ1v) is 9.46. The minimum Gasteiger partial charge on any atom is -0.484 e. The van der Waals surface area contributed by atoms with E-state index < -0.39 is 11.9 Å². The molecule has 2 heterocycles. The highest BCUT2D eigenvalue weighted by Gasteiger charge is 2.39. The van der Waals surface area contributed by atoms with Crippen LogP contribution in [0.25, 0.3) is 0 Å². The van der Waals surface area contributed by atoms with Crippen molar-refractivity contribution < 1.29 is 23.8 Å². The van der Waals surface area contributed by atoms with Crippen molar-refractivity contribution in [3.63, 3.8) is 0 Å². The second-order valence-electron chi connectivity index (χ2n) is 7.19. The predicted octanol–water partition coefficient (Wildman–Crippen LogP) is 1.16. The van der Waals surface area contributed by atoms with Crippen LogP contribution < -0.4 is 10.1 Å². The summed E-state index contributed by atoms with van der Waals surface area (Å²) in [4.78, 5) is 31.5. The van der Waals surface area contributed by atoms with E-state index in [4.69, 9.17) is 4.74 Å². The third-order valence-corrected chi connectivity index (χ3v) is 5.08. The maximum atomic E-state index is 14.6. The summed E-state index contributed by atoms with van der Waals surface area (Å²) in [6.45, 7) is 0.0198. The van der Waals surface area contributed by atoms with Crippen LogP contribution in [-0.2, 0) is 22.7 Å². The van der Waals surface area contributed by atoms with Gasteiger partial charge in [-0.2, -0.15) is 0 Å². The number of carbonyl (C=O) groups is 2. The molecule has 2 aromatic carbocycles. The van der Waals surface area contributed by atoms with E-state index in [2.05, 4.69) is 10.3 Å². The van der Waals surface area contributed by atoms with Gasteiger partial charge in [0.15, 0.2) is 12.4 Å². The van der Waals surface area contributed by atoms with Crippen molar-refractivity contribution in [2.75, 3.05) is 20.3 Å². The van der Waals surface area contributed by atoms with Gasteiger partial charge in [0, 0.05) is 31.8 Å². The topological polar surface area (TPSA) is 94.5 Å². The number of benzene rings is 2. The summed E-state index contributed by atoms with van der Waals surface area (Å²) >= 11 is 0. The standard InChI is InChI=1S/C21H21FN4O4/c1-25(9-13-5-3-2-4-6-13)18(28)12-30-15-7-14-10-26-17(11-27)20(29)24-21(26)23-19(14)16(22)8-15/h2-8,17,27H,9-12H2,1H3,(H,23,24,29). The molecule has 2 aromatic rings. The van der Waals surface area contributed by atoms with Crippen molar-refractivity contribution in [3.8, 4) is 5.75 Å². The molecule has 1 unspecified atom stereocenters. The molecule has 0 aromatic heterocycles. The summed E-state index contributed by atoms with van der Waals surface area (Å²) in [7, 11) is 1.68. The molecule has 4 rings (SSSR count). The molecule has 0 saturated carbocycles. The summed E-state index contributed by atoms with van der Waals surface area (Å²) in [5, 5.41) is 12.0. The fourth-order valence-electron chi connectivity index (χ4n) is 3.46. The van der Waals surface area contributed by atoms with E-state index in [1.165, 1.54) is 11.0 Å². The number of carbonyl (C=O) groups excluding carboxylic acids is 2. The first-order valence-electron chi connectivity index (χ1n) is 9.46. The van der Waals surface area contributed by atoms with Crippen LogP contribution in [0.4, 0.5) is 10.1 Å². The number of hydrogen-bond acceptors (Lipinski definition) is 6. The molecule has 1 saturated heterocycles. The molecule has 0 spiro atoms. The Morgan fingerprint density at radius 2 is 2.13 bits per heavy atom. The van der Waals surface area contributed by atoms with Crippen LogP contribution >= 0.6 is 0 Å². The summed E-state index contributed by atoms with van der Waals surface area (Å²) in [5.74, 6) is -0.816. The van der Waals surface area contributed by atoms with Gasteiger partial charge in [0.25, 0.3) is 11.8 Å². The van der Waals surface area contributed by atoms with E-state index in [1.54, 1.807) is 18.0 Å². The minimum atomic E-state index is -0.766. The number of ether oxygens (including phenoxy) is 1. The lowest BCUT2D eigenvalue weighted by atomic mass is 10.1. The zero-order valence-corrected chi connectivity index (χ0v) is 16.3. The highest BCUT2D eigenvalue weighted by Crippen LogP contribution is 2.34. The van der Waals surface area contributed by atoms with Gasteiger partial charge >= 0.3 is 0 Å². The van der Waals surface area contributed by atoms with Gasteiger partial charge in [0.05, 0.1) is 6.61 Å². The zero-order chi connectivity index (χ0) is 21.3. The van der Waals surface area contributed by atoms with Gasteiger partial charge in [0.2, 0.25) is 5.96 Å². The first-order chi connectivity index (χ1) is 14.5. The largest absolute Gasteiger partial charge is 0.484 e. The normalized spacial score (nSPS) is 17.0. The van der Waals surface area contributed by atoms with Crippen LogP contribution in [0.3, 0.4) is 0 Å². The Morgan fingerprint density at radius 1 is 1.37 bits per heavy atom. The average Bonchev–Trinajstić information content (AvgIpc) is 3.05. The second-order valence-corrected chi connectivity index (χ2v) is 7.19. The molecule has 1 fully saturated rings. The highest BCUT2D eigenvalue weighted by molar-refractivity contribution is 6.07. The lowest BCUT2D eigenvalue weighted by molar-refractivity contribution is -0.132. The molecule has 2 N–H and O–H groups in total. The summed E-state index contributed by atoms with van der Waals surface area (Å²) in [6, 6.07) is 11.6. The van der Waals surface area contributed by atoms with Crippen LogP contribution in [0.2, 0.25) is 0 Å². The van der Waals surface area contributed by atoms with Crippen molar-refractivity contribution in [1.82, 2.24) is 15.1 Å². The molecule has 2 amide bonds. The van der Waals surface area contributed by atoms with Crippen LogP contribution in [-0.4, -0.2) is 59.0 Å². The zero-order valence-electron chi connectivity index (χ0n) is 16.3. The molecule has 1 atom stereocenters.